The lowest BCUT2D eigenvalue weighted by Gasteiger charge is -2.36. The van der Waals surface area contributed by atoms with Crippen molar-refractivity contribution in [3.63, 3.8) is 0 Å². The van der Waals surface area contributed by atoms with Crippen LogP contribution in [0.15, 0.2) is 48.5 Å². The molecule has 180 valence electrons. The highest BCUT2D eigenvalue weighted by molar-refractivity contribution is 5.95. The lowest BCUT2D eigenvalue weighted by Crippen LogP contribution is -2.55. The molecule has 2 aromatic carbocycles. The van der Waals surface area contributed by atoms with E-state index in [1.165, 1.54) is 42.5 Å². The molecule has 2 N–H and O–H groups in total. The maximum atomic E-state index is 14.1. The number of amides is 3. The number of hydrogen-bond donors (Lipinski definition) is 2. The van der Waals surface area contributed by atoms with E-state index in [0.717, 1.165) is 25.7 Å². The zero-order valence-electron chi connectivity index (χ0n) is 18.9. The van der Waals surface area contributed by atoms with Crippen LogP contribution < -0.4 is 10.6 Å². The summed E-state index contributed by atoms with van der Waals surface area (Å²) < 4.78 is 27.2. The first kappa shape index (κ1) is 23.9. The fourth-order valence-electron chi connectivity index (χ4n) is 4.81. The lowest BCUT2D eigenvalue weighted by molar-refractivity contribution is -0.127. The molecule has 1 heterocycles. The fraction of sp³-hybridized carbons (Fsp3) is 0.423. The van der Waals surface area contributed by atoms with Crippen LogP contribution in [0.1, 0.15) is 59.2 Å². The van der Waals surface area contributed by atoms with Gasteiger partial charge in [-0.15, -0.1) is 0 Å². The van der Waals surface area contributed by atoms with E-state index in [1.54, 1.807) is 11.0 Å². The van der Waals surface area contributed by atoms with Crippen molar-refractivity contribution in [2.45, 2.75) is 50.6 Å². The van der Waals surface area contributed by atoms with Crippen molar-refractivity contribution < 1.29 is 23.2 Å². The standard InChI is InChI=1S/C26H29F2N3O3/c27-19-13-11-17(12-14-19)24(32)29-22-9-3-4-10-23(22)30-25(33)18-6-5-15-31(16-18)26(34)20-7-1-2-8-21(20)28/h1-2,7-8,11-14,18,22-23H,3-6,9-10,15-16H2,(H,29,32)(H,30,33)/t18?,22-,23-/m1/s1. The largest absolute Gasteiger partial charge is 0.351 e. The maximum Gasteiger partial charge on any atom is 0.256 e. The molecular formula is C26H29F2N3O3. The van der Waals surface area contributed by atoms with Gasteiger partial charge in [-0.3, -0.25) is 14.4 Å². The molecule has 1 unspecified atom stereocenters. The van der Waals surface area contributed by atoms with Crippen molar-refractivity contribution in [3.05, 3.63) is 71.3 Å². The Labute approximate surface area is 197 Å². The number of piperidine rings is 1. The van der Waals surface area contributed by atoms with Crippen molar-refractivity contribution in [1.82, 2.24) is 15.5 Å². The molecule has 1 saturated carbocycles. The van der Waals surface area contributed by atoms with Crippen molar-refractivity contribution >= 4 is 17.7 Å². The molecule has 0 radical (unpaired) electrons. The quantitative estimate of drug-likeness (QED) is 0.701. The van der Waals surface area contributed by atoms with Gasteiger partial charge in [0.15, 0.2) is 0 Å². The third-order valence-corrected chi connectivity index (χ3v) is 6.70. The molecule has 3 amide bonds. The van der Waals surface area contributed by atoms with Crippen LogP contribution in [0.2, 0.25) is 0 Å². The van der Waals surface area contributed by atoms with Gasteiger partial charge in [-0.1, -0.05) is 25.0 Å². The molecule has 4 rings (SSSR count). The van der Waals surface area contributed by atoms with Gasteiger partial charge in [-0.05, 0) is 62.1 Å². The Morgan fingerprint density at radius 3 is 2.21 bits per heavy atom. The molecule has 6 nitrogen and oxygen atoms in total. The summed E-state index contributed by atoms with van der Waals surface area (Å²) in [7, 11) is 0. The van der Waals surface area contributed by atoms with Crippen molar-refractivity contribution in [2.24, 2.45) is 5.92 Å². The Morgan fingerprint density at radius 2 is 1.50 bits per heavy atom. The van der Waals surface area contributed by atoms with Gasteiger partial charge < -0.3 is 15.5 Å². The summed E-state index contributed by atoms with van der Waals surface area (Å²) in [5.41, 5.74) is 0.381. The molecule has 8 heteroatoms. The Balaban J connectivity index is 1.37. The zero-order chi connectivity index (χ0) is 24.1. The monoisotopic (exact) mass is 469 g/mol. The number of nitrogens with one attached hydrogen (secondary N) is 2. The van der Waals surface area contributed by atoms with Crippen LogP contribution in [0.5, 0.6) is 0 Å². The van der Waals surface area contributed by atoms with Gasteiger partial charge in [-0.2, -0.15) is 0 Å². The highest BCUT2D eigenvalue weighted by Crippen LogP contribution is 2.23. The van der Waals surface area contributed by atoms with E-state index in [2.05, 4.69) is 10.6 Å². The van der Waals surface area contributed by atoms with Crippen LogP contribution >= 0.6 is 0 Å². The van der Waals surface area contributed by atoms with Crippen LogP contribution in [0.25, 0.3) is 0 Å². The third kappa shape index (κ3) is 5.61. The summed E-state index contributed by atoms with van der Waals surface area (Å²) in [4.78, 5) is 40.0. The normalized spacial score (nSPS) is 22.6. The molecule has 1 aliphatic heterocycles. The first-order chi connectivity index (χ1) is 16.4. The van der Waals surface area contributed by atoms with E-state index < -0.39 is 17.5 Å². The van der Waals surface area contributed by atoms with E-state index >= 15 is 0 Å². The predicted octanol–water partition coefficient (Wildman–Crippen LogP) is 3.67. The number of rotatable bonds is 5. The van der Waals surface area contributed by atoms with Gasteiger partial charge in [-0.25, -0.2) is 8.78 Å². The zero-order valence-corrected chi connectivity index (χ0v) is 18.9. The second kappa shape index (κ2) is 10.8. The predicted molar refractivity (Wildman–Crippen MR) is 123 cm³/mol. The second-order valence-corrected chi connectivity index (χ2v) is 9.06. The minimum absolute atomic E-state index is 0.0133. The van der Waals surface area contributed by atoms with E-state index in [0.29, 0.717) is 24.9 Å². The molecule has 1 saturated heterocycles. The van der Waals surface area contributed by atoms with Crippen LogP contribution in [0, 0.1) is 17.6 Å². The number of carbonyl (C=O) groups excluding carboxylic acids is 3. The topological polar surface area (TPSA) is 78.5 Å². The average Bonchev–Trinajstić information content (AvgIpc) is 2.85. The number of nitrogens with zero attached hydrogens (tertiary/aromatic N) is 1. The maximum absolute atomic E-state index is 14.1. The highest BCUT2D eigenvalue weighted by Gasteiger charge is 2.33. The van der Waals surface area contributed by atoms with Crippen molar-refractivity contribution in [3.8, 4) is 0 Å². The third-order valence-electron chi connectivity index (χ3n) is 6.70. The van der Waals surface area contributed by atoms with Crippen molar-refractivity contribution in [2.75, 3.05) is 13.1 Å². The number of halogens is 2. The summed E-state index contributed by atoms with van der Waals surface area (Å²) in [6, 6.07) is 10.8. The minimum Gasteiger partial charge on any atom is -0.351 e. The molecule has 3 atom stereocenters. The number of carbonyl (C=O) groups is 3. The Hall–Kier alpha value is -3.29. The summed E-state index contributed by atoms with van der Waals surface area (Å²) >= 11 is 0. The lowest BCUT2D eigenvalue weighted by atomic mass is 9.88. The van der Waals surface area contributed by atoms with Gasteiger partial charge in [0.1, 0.15) is 11.6 Å². The molecule has 34 heavy (non-hydrogen) atoms. The van der Waals surface area contributed by atoms with Crippen LogP contribution in [-0.4, -0.2) is 47.8 Å². The number of likely N-dealkylation sites (tertiary alicyclic amines) is 1. The molecule has 2 fully saturated rings. The van der Waals surface area contributed by atoms with Crippen LogP contribution in [0.3, 0.4) is 0 Å². The van der Waals surface area contributed by atoms with Crippen LogP contribution in [-0.2, 0) is 4.79 Å². The Bertz CT molecular complexity index is 1040. The highest BCUT2D eigenvalue weighted by atomic mass is 19.1. The first-order valence-electron chi connectivity index (χ1n) is 11.8. The Morgan fingerprint density at radius 1 is 0.824 bits per heavy atom. The molecule has 0 aromatic heterocycles. The van der Waals surface area contributed by atoms with Gasteiger partial charge in [0, 0.05) is 30.7 Å². The smallest absolute Gasteiger partial charge is 0.256 e. The molecule has 2 aromatic rings. The van der Waals surface area contributed by atoms with Gasteiger partial charge in [0.25, 0.3) is 11.8 Å². The van der Waals surface area contributed by atoms with Crippen LogP contribution in [0.4, 0.5) is 8.78 Å². The number of hydrogen-bond acceptors (Lipinski definition) is 3. The molecular weight excluding hydrogens is 440 g/mol. The van der Waals surface area contributed by atoms with E-state index in [9.17, 15) is 23.2 Å². The summed E-state index contributed by atoms with van der Waals surface area (Å²) in [5.74, 6) is -2.22. The summed E-state index contributed by atoms with van der Waals surface area (Å²) in [6.07, 6.45) is 4.66. The first-order valence-corrected chi connectivity index (χ1v) is 11.8. The average molecular weight is 470 g/mol. The van der Waals surface area contributed by atoms with E-state index in [1.807, 2.05) is 0 Å². The van der Waals surface area contributed by atoms with Gasteiger partial charge >= 0.3 is 0 Å². The number of benzene rings is 2. The van der Waals surface area contributed by atoms with E-state index in [-0.39, 0.29) is 41.9 Å². The molecule has 1 aliphatic carbocycles. The molecule has 0 spiro atoms. The second-order valence-electron chi connectivity index (χ2n) is 9.06. The molecule has 2 aliphatic rings. The SMILES string of the molecule is O=C(N[C@@H]1CCCC[C@H]1NC(=O)C1CCCN(C(=O)c2ccccc2F)C1)c1ccc(F)cc1. The van der Waals surface area contributed by atoms with Gasteiger partial charge in [0.2, 0.25) is 5.91 Å². The van der Waals surface area contributed by atoms with Gasteiger partial charge in [0.05, 0.1) is 11.5 Å². The minimum atomic E-state index is -0.569. The summed E-state index contributed by atoms with van der Waals surface area (Å²) in [5, 5.41) is 6.07. The van der Waals surface area contributed by atoms with Crippen molar-refractivity contribution in [1.29, 1.82) is 0 Å². The Kier molecular flexibility index (Phi) is 7.55. The fourth-order valence-corrected chi connectivity index (χ4v) is 4.81. The van der Waals surface area contributed by atoms with E-state index in [4.69, 9.17) is 0 Å². The summed E-state index contributed by atoms with van der Waals surface area (Å²) in [6.45, 7) is 0.717. The molecule has 0 bridgehead atoms.